The van der Waals surface area contributed by atoms with Crippen LogP contribution in [0.2, 0.25) is 0 Å². The fourth-order valence-electron chi connectivity index (χ4n) is 2.76. The molecule has 0 saturated carbocycles. The fraction of sp³-hybridized carbons (Fsp3) is 0.353. The van der Waals surface area contributed by atoms with Crippen LogP contribution in [0.15, 0.2) is 28.7 Å². The molecular formula is C17H19N3O3. The summed E-state index contributed by atoms with van der Waals surface area (Å²) in [4.78, 5) is 29.8. The van der Waals surface area contributed by atoms with Gasteiger partial charge in [-0.15, -0.1) is 0 Å². The zero-order valence-corrected chi connectivity index (χ0v) is 13.3. The van der Waals surface area contributed by atoms with Gasteiger partial charge in [0.15, 0.2) is 5.89 Å². The smallest absolute Gasteiger partial charge is 0.289 e. The van der Waals surface area contributed by atoms with Crippen LogP contribution >= 0.6 is 0 Å². The highest BCUT2D eigenvalue weighted by molar-refractivity contribution is 5.95. The monoisotopic (exact) mass is 313 g/mol. The number of carbonyl (C=O) groups is 2. The van der Waals surface area contributed by atoms with Crippen LogP contribution in [0.1, 0.15) is 40.5 Å². The number of nitrogens with zero attached hydrogens (tertiary/aromatic N) is 2. The first-order valence-electron chi connectivity index (χ1n) is 7.66. The first-order valence-corrected chi connectivity index (χ1v) is 7.66. The molecule has 0 spiro atoms. The normalized spacial score (nSPS) is 14.3. The van der Waals surface area contributed by atoms with Crippen LogP contribution in [0.4, 0.5) is 5.69 Å². The zero-order valence-electron chi connectivity index (χ0n) is 13.3. The third-order valence-electron chi connectivity index (χ3n) is 3.86. The summed E-state index contributed by atoms with van der Waals surface area (Å²) in [5, 5.41) is 2.82. The Morgan fingerprint density at radius 3 is 2.87 bits per heavy atom. The number of carbonyl (C=O) groups excluding carboxylic acids is 2. The minimum absolute atomic E-state index is 0.152. The predicted octanol–water partition coefficient (Wildman–Crippen LogP) is 2.35. The summed E-state index contributed by atoms with van der Waals surface area (Å²) >= 11 is 0. The van der Waals surface area contributed by atoms with E-state index in [1.165, 1.54) is 0 Å². The first-order chi connectivity index (χ1) is 11.0. The standard InChI is InChI=1S/C17H19N3O3/c1-11-16(23-12(2)19-11)17(22)18-10-13-5-3-6-14(9-13)20-8-4-7-15(20)21/h3,5-6,9H,4,7-8,10H2,1-2H3,(H,18,22). The molecular weight excluding hydrogens is 294 g/mol. The van der Waals surface area contributed by atoms with E-state index in [1.807, 2.05) is 24.3 Å². The van der Waals surface area contributed by atoms with Gasteiger partial charge in [-0.2, -0.15) is 0 Å². The van der Waals surface area contributed by atoms with Crippen molar-refractivity contribution in [2.75, 3.05) is 11.4 Å². The van der Waals surface area contributed by atoms with Crippen LogP contribution in [0.5, 0.6) is 0 Å². The third-order valence-corrected chi connectivity index (χ3v) is 3.86. The Hall–Kier alpha value is -2.63. The topological polar surface area (TPSA) is 75.4 Å². The Morgan fingerprint density at radius 2 is 2.22 bits per heavy atom. The van der Waals surface area contributed by atoms with Crippen molar-refractivity contribution in [3.8, 4) is 0 Å². The number of nitrogens with one attached hydrogen (secondary N) is 1. The van der Waals surface area contributed by atoms with Gasteiger partial charge < -0.3 is 14.6 Å². The van der Waals surface area contributed by atoms with Gasteiger partial charge in [0.1, 0.15) is 0 Å². The van der Waals surface area contributed by atoms with Crippen LogP contribution in [0.25, 0.3) is 0 Å². The molecule has 1 aliphatic heterocycles. The van der Waals surface area contributed by atoms with Crippen LogP contribution in [0, 0.1) is 13.8 Å². The maximum atomic E-state index is 12.1. The lowest BCUT2D eigenvalue weighted by Crippen LogP contribution is -2.25. The maximum Gasteiger partial charge on any atom is 0.289 e. The van der Waals surface area contributed by atoms with Gasteiger partial charge in [-0.3, -0.25) is 9.59 Å². The molecule has 0 aliphatic carbocycles. The number of hydrogen-bond acceptors (Lipinski definition) is 4. The number of rotatable bonds is 4. The summed E-state index contributed by atoms with van der Waals surface area (Å²) < 4.78 is 5.31. The summed E-state index contributed by atoms with van der Waals surface area (Å²) in [6.45, 7) is 4.57. The number of benzene rings is 1. The van der Waals surface area contributed by atoms with Crippen molar-refractivity contribution >= 4 is 17.5 Å². The molecule has 1 fully saturated rings. The average molecular weight is 313 g/mol. The van der Waals surface area contributed by atoms with E-state index >= 15 is 0 Å². The number of amides is 2. The number of aromatic nitrogens is 1. The van der Waals surface area contributed by atoms with Crippen LogP contribution in [-0.2, 0) is 11.3 Å². The molecule has 6 heteroatoms. The summed E-state index contributed by atoms with van der Waals surface area (Å²) in [5.74, 6) is 0.584. The molecule has 2 amide bonds. The minimum atomic E-state index is -0.286. The lowest BCUT2D eigenvalue weighted by Gasteiger charge is -2.16. The molecule has 23 heavy (non-hydrogen) atoms. The van der Waals surface area contributed by atoms with E-state index in [1.54, 1.807) is 18.7 Å². The maximum absolute atomic E-state index is 12.1. The highest BCUT2D eigenvalue weighted by Gasteiger charge is 2.21. The lowest BCUT2D eigenvalue weighted by atomic mass is 10.2. The largest absolute Gasteiger partial charge is 0.436 e. The molecule has 3 rings (SSSR count). The zero-order chi connectivity index (χ0) is 16.4. The molecule has 0 bridgehead atoms. The molecule has 0 unspecified atom stereocenters. The Labute approximate surface area is 134 Å². The minimum Gasteiger partial charge on any atom is -0.436 e. The van der Waals surface area contributed by atoms with Gasteiger partial charge in [-0.25, -0.2) is 4.98 Å². The molecule has 1 N–H and O–H groups in total. The van der Waals surface area contributed by atoms with E-state index in [4.69, 9.17) is 4.42 Å². The molecule has 1 aromatic heterocycles. The van der Waals surface area contributed by atoms with Gasteiger partial charge in [0, 0.05) is 32.1 Å². The second-order valence-corrected chi connectivity index (χ2v) is 5.65. The van der Waals surface area contributed by atoms with E-state index in [0.717, 1.165) is 24.2 Å². The Morgan fingerprint density at radius 1 is 1.39 bits per heavy atom. The van der Waals surface area contributed by atoms with Gasteiger partial charge in [0.05, 0.1) is 5.69 Å². The highest BCUT2D eigenvalue weighted by atomic mass is 16.4. The summed E-state index contributed by atoms with van der Waals surface area (Å²) in [6, 6.07) is 7.66. The first kappa shape index (κ1) is 15.3. The Balaban J connectivity index is 1.68. The van der Waals surface area contributed by atoms with Gasteiger partial charge in [0.25, 0.3) is 5.91 Å². The molecule has 2 aromatic rings. The van der Waals surface area contributed by atoms with E-state index in [0.29, 0.717) is 24.6 Å². The molecule has 2 heterocycles. The van der Waals surface area contributed by atoms with Crippen molar-refractivity contribution < 1.29 is 14.0 Å². The van der Waals surface area contributed by atoms with Crippen molar-refractivity contribution in [1.29, 1.82) is 0 Å². The van der Waals surface area contributed by atoms with Gasteiger partial charge in [-0.05, 0) is 31.0 Å². The second kappa shape index (κ2) is 6.24. The lowest BCUT2D eigenvalue weighted by molar-refractivity contribution is -0.117. The Bertz CT molecular complexity index is 751. The fourth-order valence-corrected chi connectivity index (χ4v) is 2.76. The molecule has 0 radical (unpaired) electrons. The molecule has 1 aromatic carbocycles. The van der Waals surface area contributed by atoms with Crippen molar-refractivity contribution in [3.63, 3.8) is 0 Å². The third kappa shape index (κ3) is 3.26. The molecule has 120 valence electrons. The van der Waals surface area contributed by atoms with Gasteiger partial charge in [-0.1, -0.05) is 12.1 Å². The molecule has 0 atom stereocenters. The highest BCUT2D eigenvalue weighted by Crippen LogP contribution is 2.22. The van der Waals surface area contributed by atoms with E-state index in [-0.39, 0.29) is 17.6 Å². The van der Waals surface area contributed by atoms with Gasteiger partial charge >= 0.3 is 0 Å². The van der Waals surface area contributed by atoms with E-state index in [9.17, 15) is 9.59 Å². The number of oxazole rings is 1. The summed E-state index contributed by atoms with van der Waals surface area (Å²) in [7, 11) is 0. The molecule has 6 nitrogen and oxygen atoms in total. The van der Waals surface area contributed by atoms with Crippen LogP contribution < -0.4 is 10.2 Å². The number of hydrogen-bond donors (Lipinski definition) is 1. The number of anilines is 1. The van der Waals surface area contributed by atoms with Crippen molar-refractivity contribution in [2.24, 2.45) is 0 Å². The van der Waals surface area contributed by atoms with Crippen LogP contribution in [0.3, 0.4) is 0 Å². The molecule has 1 saturated heterocycles. The quantitative estimate of drug-likeness (QED) is 0.940. The average Bonchev–Trinajstić information content (AvgIpc) is 3.10. The van der Waals surface area contributed by atoms with Crippen LogP contribution in [-0.4, -0.2) is 23.3 Å². The molecule has 1 aliphatic rings. The summed E-state index contributed by atoms with van der Waals surface area (Å²) in [5.41, 5.74) is 2.40. The predicted molar refractivity (Wildman–Crippen MR) is 85.2 cm³/mol. The Kier molecular flexibility index (Phi) is 4.14. The number of aryl methyl sites for hydroxylation is 2. The summed E-state index contributed by atoms with van der Waals surface area (Å²) in [6.07, 6.45) is 1.50. The van der Waals surface area contributed by atoms with Crippen molar-refractivity contribution in [3.05, 3.63) is 47.2 Å². The van der Waals surface area contributed by atoms with E-state index in [2.05, 4.69) is 10.3 Å². The van der Waals surface area contributed by atoms with E-state index < -0.39 is 0 Å². The second-order valence-electron chi connectivity index (χ2n) is 5.65. The SMILES string of the molecule is Cc1nc(C)c(C(=O)NCc2cccc(N3CCCC3=O)c2)o1. The van der Waals surface area contributed by atoms with Gasteiger partial charge in [0.2, 0.25) is 11.7 Å². The van der Waals surface area contributed by atoms with Crippen molar-refractivity contribution in [1.82, 2.24) is 10.3 Å². The van der Waals surface area contributed by atoms with Crippen molar-refractivity contribution in [2.45, 2.75) is 33.2 Å².